The van der Waals surface area contributed by atoms with Crippen molar-refractivity contribution in [1.82, 2.24) is 5.32 Å². The summed E-state index contributed by atoms with van der Waals surface area (Å²) in [6, 6.07) is 0. The van der Waals surface area contributed by atoms with Gasteiger partial charge in [-0.3, -0.25) is 0 Å². The van der Waals surface area contributed by atoms with Gasteiger partial charge in [-0.15, -0.1) is 0 Å². The molecule has 0 spiro atoms. The van der Waals surface area contributed by atoms with Crippen LogP contribution < -0.4 is 5.32 Å². The molecule has 17 heavy (non-hydrogen) atoms. The van der Waals surface area contributed by atoms with Gasteiger partial charge >= 0.3 is 0 Å². The SMILES string of the molecule is CCC(CC)C1(CNCCOC)CCOC1C. The van der Waals surface area contributed by atoms with E-state index in [4.69, 9.17) is 9.47 Å². The molecule has 0 saturated carbocycles. The Kier molecular flexibility index (Phi) is 6.45. The number of methoxy groups -OCH3 is 1. The zero-order valence-electron chi connectivity index (χ0n) is 11.9. The van der Waals surface area contributed by atoms with Crippen LogP contribution >= 0.6 is 0 Å². The summed E-state index contributed by atoms with van der Waals surface area (Å²) in [6.07, 6.45) is 4.06. The van der Waals surface area contributed by atoms with Crippen LogP contribution in [-0.2, 0) is 9.47 Å². The van der Waals surface area contributed by atoms with E-state index in [0.717, 1.165) is 32.2 Å². The van der Waals surface area contributed by atoms with Crippen LogP contribution in [0.4, 0.5) is 0 Å². The summed E-state index contributed by atoms with van der Waals surface area (Å²) >= 11 is 0. The van der Waals surface area contributed by atoms with Gasteiger partial charge in [0.1, 0.15) is 0 Å². The van der Waals surface area contributed by atoms with Crippen LogP contribution in [0.5, 0.6) is 0 Å². The van der Waals surface area contributed by atoms with E-state index in [1.165, 1.54) is 19.3 Å². The van der Waals surface area contributed by atoms with E-state index in [1.807, 2.05) is 0 Å². The molecule has 1 aliphatic rings. The standard InChI is InChI=1S/C14H29NO2/c1-5-13(6-2)14(7-9-17-12(14)3)11-15-8-10-16-4/h12-13,15H,5-11H2,1-4H3. The molecule has 2 unspecified atom stereocenters. The molecule has 1 heterocycles. The van der Waals surface area contributed by atoms with E-state index in [9.17, 15) is 0 Å². The highest BCUT2D eigenvalue weighted by Gasteiger charge is 2.45. The largest absolute Gasteiger partial charge is 0.383 e. The Labute approximate surface area is 106 Å². The third-order valence-electron chi connectivity index (χ3n) is 4.48. The molecule has 0 radical (unpaired) electrons. The maximum Gasteiger partial charge on any atom is 0.0618 e. The molecule has 1 aliphatic heterocycles. The predicted molar refractivity (Wildman–Crippen MR) is 71.3 cm³/mol. The van der Waals surface area contributed by atoms with Crippen molar-refractivity contribution in [3.8, 4) is 0 Å². The number of hydrogen-bond donors (Lipinski definition) is 1. The quantitative estimate of drug-likeness (QED) is 0.664. The first-order chi connectivity index (χ1) is 8.21. The highest BCUT2D eigenvalue weighted by Crippen LogP contribution is 2.44. The Balaban J connectivity index is 2.59. The highest BCUT2D eigenvalue weighted by molar-refractivity contribution is 4.95. The van der Waals surface area contributed by atoms with Crippen molar-refractivity contribution >= 4 is 0 Å². The normalized spacial score (nSPS) is 29.1. The zero-order chi connectivity index (χ0) is 12.7. The van der Waals surface area contributed by atoms with Gasteiger partial charge in [0.15, 0.2) is 0 Å². The molecular weight excluding hydrogens is 214 g/mol. The van der Waals surface area contributed by atoms with Gasteiger partial charge < -0.3 is 14.8 Å². The van der Waals surface area contributed by atoms with Gasteiger partial charge in [-0.25, -0.2) is 0 Å². The van der Waals surface area contributed by atoms with Crippen LogP contribution in [-0.4, -0.2) is 39.5 Å². The van der Waals surface area contributed by atoms with Crippen molar-refractivity contribution in [2.75, 3.05) is 33.4 Å². The summed E-state index contributed by atoms with van der Waals surface area (Å²) < 4.78 is 10.9. The van der Waals surface area contributed by atoms with Crippen molar-refractivity contribution < 1.29 is 9.47 Å². The summed E-state index contributed by atoms with van der Waals surface area (Å²) in [7, 11) is 1.75. The lowest BCUT2D eigenvalue weighted by Crippen LogP contribution is -2.45. The summed E-state index contributed by atoms with van der Waals surface area (Å²) in [5.74, 6) is 0.759. The van der Waals surface area contributed by atoms with E-state index in [2.05, 4.69) is 26.1 Å². The lowest BCUT2D eigenvalue weighted by molar-refractivity contribution is 0.0237. The van der Waals surface area contributed by atoms with Gasteiger partial charge in [0.05, 0.1) is 12.7 Å². The van der Waals surface area contributed by atoms with Gasteiger partial charge in [-0.05, 0) is 19.3 Å². The lowest BCUT2D eigenvalue weighted by atomic mass is 9.68. The zero-order valence-corrected chi connectivity index (χ0v) is 11.9. The fourth-order valence-corrected chi connectivity index (χ4v) is 3.30. The van der Waals surface area contributed by atoms with Gasteiger partial charge in [0.2, 0.25) is 0 Å². The Morgan fingerprint density at radius 2 is 2.12 bits per heavy atom. The van der Waals surface area contributed by atoms with Crippen LogP contribution in [0.2, 0.25) is 0 Å². The fourth-order valence-electron chi connectivity index (χ4n) is 3.30. The summed E-state index contributed by atoms with van der Waals surface area (Å²) in [6.45, 7) is 10.5. The molecule has 3 nitrogen and oxygen atoms in total. The third-order valence-corrected chi connectivity index (χ3v) is 4.48. The van der Waals surface area contributed by atoms with Gasteiger partial charge in [-0.2, -0.15) is 0 Å². The summed E-state index contributed by atoms with van der Waals surface area (Å²) in [4.78, 5) is 0. The van der Waals surface area contributed by atoms with Gasteiger partial charge in [-0.1, -0.05) is 26.7 Å². The third kappa shape index (κ3) is 3.43. The average molecular weight is 243 g/mol. The van der Waals surface area contributed by atoms with Gasteiger partial charge in [0, 0.05) is 32.2 Å². The fraction of sp³-hybridized carbons (Fsp3) is 1.00. The van der Waals surface area contributed by atoms with Crippen molar-refractivity contribution in [1.29, 1.82) is 0 Å². The second-order valence-electron chi connectivity index (χ2n) is 5.18. The van der Waals surface area contributed by atoms with Crippen LogP contribution in [0.1, 0.15) is 40.0 Å². The molecular formula is C14H29NO2. The molecule has 0 aromatic heterocycles. The van der Waals surface area contributed by atoms with Crippen LogP contribution in [0.25, 0.3) is 0 Å². The predicted octanol–water partition coefficient (Wildman–Crippen LogP) is 2.45. The molecule has 102 valence electrons. The lowest BCUT2D eigenvalue weighted by Gasteiger charge is -2.39. The van der Waals surface area contributed by atoms with E-state index in [0.29, 0.717) is 11.5 Å². The Morgan fingerprint density at radius 3 is 2.59 bits per heavy atom. The first kappa shape index (κ1) is 14.9. The molecule has 3 heteroatoms. The number of rotatable bonds is 8. The molecule has 1 saturated heterocycles. The molecule has 1 fully saturated rings. The first-order valence-electron chi connectivity index (χ1n) is 7.02. The van der Waals surface area contributed by atoms with Crippen LogP contribution in [0, 0.1) is 11.3 Å². The molecule has 0 aliphatic carbocycles. The van der Waals surface area contributed by atoms with Crippen molar-refractivity contribution in [3.05, 3.63) is 0 Å². The Morgan fingerprint density at radius 1 is 1.41 bits per heavy atom. The van der Waals surface area contributed by atoms with Crippen molar-refractivity contribution in [3.63, 3.8) is 0 Å². The molecule has 2 atom stereocenters. The van der Waals surface area contributed by atoms with E-state index < -0.39 is 0 Å². The molecule has 0 bridgehead atoms. The summed E-state index contributed by atoms with van der Waals surface area (Å²) in [5, 5.41) is 3.54. The van der Waals surface area contributed by atoms with Crippen molar-refractivity contribution in [2.24, 2.45) is 11.3 Å². The first-order valence-corrected chi connectivity index (χ1v) is 7.02. The number of nitrogens with one attached hydrogen (secondary N) is 1. The second kappa shape index (κ2) is 7.34. The van der Waals surface area contributed by atoms with Gasteiger partial charge in [0.25, 0.3) is 0 Å². The van der Waals surface area contributed by atoms with E-state index in [-0.39, 0.29) is 0 Å². The van der Waals surface area contributed by atoms with E-state index >= 15 is 0 Å². The highest BCUT2D eigenvalue weighted by atomic mass is 16.5. The molecule has 1 rings (SSSR count). The second-order valence-corrected chi connectivity index (χ2v) is 5.18. The molecule has 1 N–H and O–H groups in total. The minimum Gasteiger partial charge on any atom is -0.383 e. The molecule has 0 amide bonds. The monoisotopic (exact) mass is 243 g/mol. The smallest absolute Gasteiger partial charge is 0.0618 e. The number of ether oxygens (including phenoxy) is 2. The number of hydrogen-bond acceptors (Lipinski definition) is 3. The van der Waals surface area contributed by atoms with E-state index in [1.54, 1.807) is 7.11 Å². The average Bonchev–Trinajstić information content (AvgIpc) is 2.69. The Hall–Kier alpha value is -0.120. The topological polar surface area (TPSA) is 30.5 Å². The molecule has 0 aromatic carbocycles. The summed E-state index contributed by atoms with van der Waals surface area (Å²) in [5.41, 5.74) is 0.331. The minimum absolute atomic E-state index is 0.331. The maximum atomic E-state index is 5.84. The van der Waals surface area contributed by atoms with Crippen LogP contribution in [0.15, 0.2) is 0 Å². The maximum absolute atomic E-state index is 5.84. The van der Waals surface area contributed by atoms with Crippen LogP contribution in [0.3, 0.4) is 0 Å². The molecule has 0 aromatic rings. The minimum atomic E-state index is 0.331. The Bertz CT molecular complexity index is 206. The van der Waals surface area contributed by atoms with Crippen molar-refractivity contribution in [2.45, 2.75) is 46.1 Å².